The van der Waals surface area contributed by atoms with Gasteiger partial charge in [0.2, 0.25) is 10.0 Å². The lowest BCUT2D eigenvalue weighted by molar-refractivity contribution is 0.0730. The third-order valence-electron chi connectivity index (χ3n) is 5.55. The molecule has 2 heterocycles. The number of ether oxygens (including phenoxy) is 1. The van der Waals surface area contributed by atoms with E-state index in [1.807, 2.05) is 6.92 Å². The number of carbonyl (C=O) groups excluding carboxylic acids is 1. The second kappa shape index (κ2) is 9.82. The summed E-state index contributed by atoms with van der Waals surface area (Å²) < 4.78 is 49.0. The third-order valence-corrected chi connectivity index (χ3v) is 7.53. The Bertz CT molecular complexity index is 1240. The molecule has 0 unspecified atom stereocenters. The molecule has 0 atom stereocenters. The number of rotatable bonds is 7. The second-order valence-electron chi connectivity index (χ2n) is 7.63. The van der Waals surface area contributed by atoms with Crippen LogP contribution in [0.25, 0.3) is 5.69 Å². The number of benzene rings is 2. The molecule has 33 heavy (non-hydrogen) atoms. The molecule has 1 N–H and O–H groups in total. The van der Waals surface area contributed by atoms with Crippen molar-refractivity contribution in [1.29, 1.82) is 0 Å². The molecular weight excluding hydrogens is 447 g/mol. The Morgan fingerprint density at radius 3 is 2.64 bits per heavy atom. The number of aromatic nitrogens is 2. The van der Waals surface area contributed by atoms with E-state index in [-0.39, 0.29) is 30.1 Å². The summed E-state index contributed by atoms with van der Waals surface area (Å²) >= 11 is 0. The molecule has 8 nitrogen and oxygen atoms in total. The number of morpholine rings is 1. The van der Waals surface area contributed by atoms with Crippen molar-refractivity contribution in [1.82, 2.24) is 19.2 Å². The molecule has 4 rings (SSSR count). The topological polar surface area (TPSA) is 93.5 Å². The van der Waals surface area contributed by atoms with Crippen LogP contribution >= 0.6 is 0 Å². The maximum absolute atomic E-state index is 14.5. The zero-order valence-electron chi connectivity index (χ0n) is 18.2. The highest BCUT2D eigenvalue weighted by atomic mass is 32.2. The predicted octanol–water partition coefficient (Wildman–Crippen LogP) is 2.52. The van der Waals surface area contributed by atoms with Crippen LogP contribution in [-0.2, 0) is 27.7 Å². The second-order valence-corrected chi connectivity index (χ2v) is 9.54. The van der Waals surface area contributed by atoms with Gasteiger partial charge in [0.1, 0.15) is 5.82 Å². The number of amides is 1. The number of nitrogens with one attached hydrogen (secondary N) is 1. The van der Waals surface area contributed by atoms with E-state index in [0.717, 1.165) is 0 Å². The molecular formula is C23H25FN4O4S. The van der Waals surface area contributed by atoms with Crippen molar-refractivity contribution in [2.45, 2.75) is 24.8 Å². The van der Waals surface area contributed by atoms with Gasteiger partial charge in [0, 0.05) is 37.6 Å². The molecule has 0 radical (unpaired) electrons. The first kappa shape index (κ1) is 23.1. The van der Waals surface area contributed by atoms with Gasteiger partial charge in [-0.3, -0.25) is 4.79 Å². The number of halogens is 1. The molecule has 0 saturated carbocycles. The zero-order valence-corrected chi connectivity index (χ0v) is 19.0. The van der Waals surface area contributed by atoms with Gasteiger partial charge in [0.05, 0.1) is 30.1 Å². The van der Waals surface area contributed by atoms with Crippen LogP contribution in [0.2, 0.25) is 0 Å². The van der Waals surface area contributed by atoms with Crippen molar-refractivity contribution < 1.29 is 22.3 Å². The maximum atomic E-state index is 14.5. The summed E-state index contributed by atoms with van der Waals surface area (Å²) in [6, 6.07) is 9.37. The number of aryl methyl sites for hydroxylation is 1. The Hall–Kier alpha value is -3.08. The van der Waals surface area contributed by atoms with Crippen molar-refractivity contribution in [3.63, 3.8) is 0 Å². The maximum Gasteiger partial charge on any atom is 0.251 e. The van der Waals surface area contributed by atoms with E-state index in [4.69, 9.17) is 4.74 Å². The summed E-state index contributed by atoms with van der Waals surface area (Å²) in [5.41, 5.74) is 1.82. The van der Waals surface area contributed by atoms with E-state index in [1.165, 1.54) is 22.8 Å². The first-order valence-electron chi connectivity index (χ1n) is 10.7. The quantitative estimate of drug-likeness (QED) is 0.570. The standard InChI is InChI=1S/C23H25FN4O4S/c1-2-18-4-5-19(14-22(18)33(30,31)28-9-11-32-12-10-28)23(29)26-15-17-3-6-21(20(24)13-17)27-8-7-25-16-27/h3-8,13-14,16H,2,9-12,15H2,1H3,(H,26,29). The highest BCUT2D eigenvalue weighted by molar-refractivity contribution is 7.89. The Kier molecular flexibility index (Phi) is 6.87. The normalized spacial score (nSPS) is 14.8. The van der Waals surface area contributed by atoms with Gasteiger partial charge in [0.25, 0.3) is 5.91 Å². The average Bonchev–Trinajstić information content (AvgIpc) is 3.37. The van der Waals surface area contributed by atoms with Crippen molar-refractivity contribution in [3.8, 4) is 5.69 Å². The zero-order chi connectivity index (χ0) is 23.4. The molecule has 1 aromatic heterocycles. The van der Waals surface area contributed by atoms with Crippen LogP contribution in [0.5, 0.6) is 0 Å². The van der Waals surface area contributed by atoms with Gasteiger partial charge in [-0.25, -0.2) is 17.8 Å². The molecule has 10 heteroatoms. The molecule has 2 aromatic carbocycles. The lowest BCUT2D eigenvalue weighted by Crippen LogP contribution is -2.41. The Labute approximate surface area is 192 Å². The number of hydrogen-bond donors (Lipinski definition) is 1. The third kappa shape index (κ3) is 4.97. The van der Waals surface area contributed by atoms with Gasteiger partial charge in [-0.1, -0.05) is 19.1 Å². The van der Waals surface area contributed by atoms with Crippen LogP contribution in [0.3, 0.4) is 0 Å². The van der Waals surface area contributed by atoms with E-state index in [1.54, 1.807) is 41.2 Å². The number of sulfonamides is 1. The number of nitrogens with zero attached hydrogens (tertiary/aromatic N) is 3. The number of carbonyl (C=O) groups is 1. The van der Waals surface area contributed by atoms with Gasteiger partial charge in [-0.15, -0.1) is 0 Å². The van der Waals surface area contributed by atoms with Crippen LogP contribution in [0.4, 0.5) is 4.39 Å². The van der Waals surface area contributed by atoms with Gasteiger partial charge < -0.3 is 14.6 Å². The number of hydrogen-bond acceptors (Lipinski definition) is 5. The first-order valence-corrected chi connectivity index (χ1v) is 12.1. The first-order chi connectivity index (χ1) is 15.9. The fourth-order valence-corrected chi connectivity index (χ4v) is 5.44. The fraction of sp³-hybridized carbons (Fsp3) is 0.304. The van der Waals surface area contributed by atoms with Gasteiger partial charge in [0.15, 0.2) is 0 Å². The van der Waals surface area contributed by atoms with E-state index >= 15 is 0 Å². The van der Waals surface area contributed by atoms with E-state index in [9.17, 15) is 17.6 Å². The van der Waals surface area contributed by atoms with Crippen LogP contribution in [0, 0.1) is 5.82 Å². The summed E-state index contributed by atoms with van der Waals surface area (Å²) in [6.07, 6.45) is 5.22. The van der Waals surface area contributed by atoms with E-state index in [0.29, 0.717) is 36.4 Å². The average molecular weight is 473 g/mol. The molecule has 1 amide bonds. The summed E-state index contributed by atoms with van der Waals surface area (Å²) in [7, 11) is -3.74. The largest absolute Gasteiger partial charge is 0.379 e. The monoisotopic (exact) mass is 472 g/mol. The molecule has 0 spiro atoms. The Balaban J connectivity index is 1.50. The molecule has 1 aliphatic heterocycles. The molecule has 1 aliphatic rings. The summed E-state index contributed by atoms with van der Waals surface area (Å²) in [4.78, 5) is 16.8. The van der Waals surface area contributed by atoms with Crippen molar-refractivity contribution in [2.75, 3.05) is 26.3 Å². The SMILES string of the molecule is CCc1ccc(C(=O)NCc2ccc(-n3ccnc3)c(F)c2)cc1S(=O)(=O)N1CCOCC1. The van der Waals surface area contributed by atoms with E-state index in [2.05, 4.69) is 10.3 Å². The molecule has 174 valence electrons. The molecule has 3 aromatic rings. The predicted molar refractivity (Wildman–Crippen MR) is 120 cm³/mol. The minimum Gasteiger partial charge on any atom is -0.379 e. The Morgan fingerprint density at radius 1 is 1.18 bits per heavy atom. The van der Waals surface area contributed by atoms with Crippen LogP contribution in [0.1, 0.15) is 28.4 Å². The Morgan fingerprint density at radius 2 is 1.97 bits per heavy atom. The van der Waals surface area contributed by atoms with Crippen LogP contribution in [-0.4, -0.2) is 54.5 Å². The minimum absolute atomic E-state index is 0.0983. The summed E-state index contributed by atoms with van der Waals surface area (Å²) in [6.45, 7) is 3.22. The van der Waals surface area contributed by atoms with E-state index < -0.39 is 21.7 Å². The molecule has 0 bridgehead atoms. The molecule has 1 fully saturated rings. The highest BCUT2D eigenvalue weighted by Gasteiger charge is 2.29. The highest BCUT2D eigenvalue weighted by Crippen LogP contribution is 2.24. The van der Waals surface area contributed by atoms with Crippen LogP contribution in [0.15, 0.2) is 60.0 Å². The van der Waals surface area contributed by atoms with Crippen LogP contribution < -0.4 is 5.32 Å². The van der Waals surface area contributed by atoms with Crippen molar-refractivity contribution in [2.24, 2.45) is 0 Å². The molecule has 0 aliphatic carbocycles. The van der Waals surface area contributed by atoms with Crippen molar-refractivity contribution in [3.05, 3.63) is 77.6 Å². The van der Waals surface area contributed by atoms with Gasteiger partial charge >= 0.3 is 0 Å². The molecule has 1 saturated heterocycles. The van der Waals surface area contributed by atoms with Crippen molar-refractivity contribution >= 4 is 15.9 Å². The lowest BCUT2D eigenvalue weighted by atomic mass is 10.1. The fourth-order valence-electron chi connectivity index (χ4n) is 3.71. The van der Waals surface area contributed by atoms with Gasteiger partial charge in [-0.2, -0.15) is 4.31 Å². The smallest absolute Gasteiger partial charge is 0.251 e. The minimum atomic E-state index is -3.74. The summed E-state index contributed by atoms with van der Waals surface area (Å²) in [5, 5.41) is 2.74. The lowest BCUT2D eigenvalue weighted by Gasteiger charge is -2.27. The van der Waals surface area contributed by atoms with Gasteiger partial charge in [-0.05, 0) is 41.8 Å². The number of imidazole rings is 1. The summed E-state index contributed by atoms with van der Waals surface area (Å²) in [5.74, 6) is -0.874.